The Morgan fingerprint density at radius 2 is 2.03 bits per heavy atom. The largest absolute Gasteiger partial charge is 0.497 e. The van der Waals surface area contributed by atoms with E-state index in [0.29, 0.717) is 23.6 Å². The molecule has 1 aromatic heterocycles. The number of hydrogen-bond acceptors (Lipinski definition) is 5. The number of benzene rings is 1. The standard InChI is InChI=1S/C22H25N3O5/c1-13-10-17(14(2)30-13)22(3)20(27)25(21(28)23-22)12-19(26)24-9-5-6-15-11-16(29-4)7-8-18(15)24/h7-8,10-11H,5-6,9,12H2,1-4H3,(H,23,28). The maximum absolute atomic E-state index is 13.2. The first-order valence-electron chi connectivity index (χ1n) is 9.93. The number of hydrogen-bond donors (Lipinski definition) is 1. The molecule has 4 rings (SSSR count). The summed E-state index contributed by atoms with van der Waals surface area (Å²) in [5.74, 6) is 1.20. The number of imide groups is 1. The van der Waals surface area contributed by atoms with E-state index in [2.05, 4.69) is 5.32 Å². The molecule has 1 fully saturated rings. The number of carbonyl (C=O) groups is 3. The molecule has 1 atom stereocenters. The number of urea groups is 1. The minimum Gasteiger partial charge on any atom is -0.497 e. The zero-order valence-electron chi connectivity index (χ0n) is 17.6. The van der Waals surface area contributed by atoms with Gasteiger partial charge in [0.25, 0.3) is 5.91 Å². The molecule has 2 aromatic rings. The fraction of sp³-hybridized carbons (Fsp3) is 0.409. The maximum Gasteiger partial charge on any atom is 0.325 e. The van der Waals surface area contributed by atoms with Crippen LogP contribution in [0.2, 0.25) is 0 Å². The summed E-state index contributed by atoms with van der Waals surface area (Å²) in [5.41, 5.74) is 1.15. The highest BCUT2D eigenvalue weighted by Gasteiger charge is 2.51. The SMILES string of the molecule is COc1ccc2c(c1)CCCN2C(=O)CN1C(=O)NC(C)(c2cc(C)oc2C)C1=O. The topological polar surface area (TPSA) is 92.1 Å². The van der Waals surface area contributed by atoms with Gasteiger partial charge in [0.2, 0.25) is 5.91 Å². The van der Waals surface area contributed by atoms with Gasteiger partial charge in [-0.25, -0.2) is 4.79 Å². The number of aryl methyl sites for hydroxylation is 3. The van der Waals surface area contributed by atoms with Crippen LogP contribution in [0.1, 0.15) is 36.0 Å². The van der Waals surface area contributed by atoms with Crippen LogP contribution in [0.25, 0.3) is 0 Å². The lowest BCUT2D eigenvalue weighted by atomic mass is 9.92. The third-order valence-corrected chi connectivity index (χ3v) is 5.85. The van der Waals surface area contributed by atoms with Crippen LogP contribution in [0.4, 0.5) is 10.5 Å². The summed E-state index contributed by atoms with van der Waals surface area (Å²) in [6.45, 7) is 5.39. The van der Waals surface area contributed by atoms with Crippen LogP contribution in [0.15, 0.2) is 28.7 Å². The van der Waals surface area contributed by atoms with Crippen molar-refractivity contribution < 1.29 is 23.5 Å². The second-order valence-corrected chi connectivity index (χ2v) is 7.92. The average molecular weight is 411 g/mol. The highest BCUT2D eigenvalue weighted by molar-refractivity contribution is 6.10. The fourth-order valence-electron chi connectivity index (χ4n) is 4.33. The molecule has 0 aliphatic carbocycles. The molecule has 0 bridgehead atoms. The Morgan fingerprint density at radius 3 is 2.70 bits per heavy atom. The van der Waals surface area contributed by atoms with E-state index >= 15 is 0 Å². The van der Waals surface area contributed by atoms with Crippen molar-refractivity contribution in [2.45, 2.75) is 39.2 Å². The van der Waals surface area contributed by atoms with Gasteiger partial charge in [-0.2, -0.15) is 0 Å². The highest BCUT2D eigenvalue weighted by atomic mass is 16.5. The molecule has 30 heavy (non-hydrogen) atoms. The number of fused-ring (bicyclic) bond motifs is 1. The number of nitrogens with zero attached hydrogens (tertiary/aromatic N) is 2. The van der Waals surface area contributed by atoms with Gasteiger partial charge in [-0.1, -0.05) is 0 Å². The lowest BCUT2D eigenvalue weighted by Crippen LogP contribution is -2.46. The number of methoxy groups -OCH3 is 1. The van der Waals surface area contributed by atoms with Gasteiger partial charge in [0.1, 0.15) is 29.4 Å². The van der Waals surface area contributed by atoms with Crippen molar-refractivity contribution in [3.8, 4) is 5.75 Å². The molecule has 4 amide bonds. The van der Waals surface area contributed by atoms with E-state index in [1.54, 1.807) is 44.9 Å². The molecule has 1 unspecified atom stereocenters. The maximum atomic E-state index is 13.2. The first-order chi connectivity index (χ1) is 14.2. The summed E-state index contributed by atoms with van der Waals surface area (Å²) in [7, 11) is 1.60. The van der Waals surface area contributed by atoms with Crippen LogP contribution < -0.4 is 15.0 Å². The molecular weight excluding hydrogens is 386 g/mol. The predicted molar refractivity (Wildman–Crippen MR) is 109 cm³/mol. The Kier molecular flexibility index (Phi) is 4.80. The number of carbonyl (C=O) groups excluding carboxylic acids is 3. The lowest BCUT2D eigenvalue weighted by molar-refractivity contribution is -0.134. The molecule has 3 heterocycles. The zero-order valence-corrected chi connectivity index (χ0v) is 17.6. The first-order valence-corrected chi connectivity index (χ1v) is 9.93. The third-order valence-electron chi connectivity index (χ3n) is 5.85. The molecule has 1 aromatic carbocycles. The van der Waals surface area contributed by atoms with Crippen molar-refractivity contribution in [3.05, 3.63) is 46.9 Å². The Balaban J connectivity index is 1.57. The van der Waals surface area contributed by atoms with Crippen LogP contribution in [0.3, 0.4) is 0 Å². The average Bonchev–Trinajstić information content (AvgIpc) is 3.18. The van der Waals surface area contributed by atoms with Crippen molar-refractivity contribution in [1.82, 2.24) is 10.2 Å². The van der Waals surface area contributed by atoms with Gasteiger partial charge in [-0.15, -0.1) is 0 Å². The quantitative estimate of drug-likeness (QED) is 0.781. The Labute approximate surface area is 174 Å². The van der Waals surface area contributed by atoms with Crippen LogP contribution in [-0.2, 0) is 21.5 Å². The third kappa shape index (κ3) is 3.12. The minimum absolute atomic E-state index is 0.297. The zero-order chi connectivity index (χ0) is 21.6. The number of furan rings is 1. The smallest absolute Gasteiger partial charge is 0.325 e. The van der Waals surface area contributed by atoms with E-state index in [1.165, 1.54) is 0 Å². The second kappa shape index (κ2) is 7.19. The Morgan fingerprint density at radius 1 is 1.27 bits per heavy atom. The van der Waals surface area contributed by atoms with Crippen molar-refractivity contribution in [2.24, 2.45) is 0 Å². The first kappa shape index (κ1) is 20.0. The van der Waals surface area contributed by atoms with E-state index in [9.17, 15) is 14.4 Å². The van der Waals surface area contributed by atoms with Gasteiger partial charge in [-0.05, 0) is 63.4 Å². The van der Waals surface area contributed by atoms with Crippen LogP contribution in [0, 0.1) is 13.8 Å². The van der Waals surface area contributed by atoms with Crippen molar-refractivity contribution in [1.29, 1.82) is 0 Å². The summed E-state index contributed by atoms with van der Waals surface area (Å²) in [6, 6.07) is 6.73. The van der Waals surface area contributed by atoms with E-state index < -0.39 is 17.5 Å². The van der Waals surface area contributed by atoms with Crippen LogP contribution >= 0.6 is 0 Å². The van der Waals surface area contributed by atoms with E-state index in [1.807, 2.05) is 12.1 Å². The summed E-state index contributed by atoms with van der Waals surface area (Å²) >= 11 is 0. The van der Waals surface area contributed by atoms with E-state index in [0.717, 1.165) is 34.7 Å². The molecule has 8 heteroatoms. The molecular formula is C22H25N3O5. The summed E-state index contributed by atoms with van der Waals surface area (Å²) in [4.78, 5) is 41.5. The molecule has 158 valence electrons. The van der Waals surface area contributed by atoms with Crippen molar-refractivity contribution in [3.63, 3.8) is 0 Å². The van der Waals surface area contributed by atoms with Gasteiger partial charge in [0.15, 0.2) is 0 Å². The molecule has 0 saturated carbocycles. The number of nitrogens with one attached hydrogen (secondary N) is 1. The van der Waals surface area contributed by atoms with Gasteiger partial charge < -0.3 is 19.4 Å². The van der Waals surface area contributed by atoms with Gasteiger partial charge in [0, 0.05) is 17.8 Å². The predicted octanol–water partition coefficient (Wildman–Crippen LogP) is 2.65. The van der Waals surface area contributed by atoms with Gasteiger partial charge in [0.05, 0.1) is 7.11 Å². The molecule has 1 N–H and O–H groups in total. The normalized spacial score (nSPS) is 20.9. The van der Waals surface area contributed by atoms with Crippen LogP contribution in [-0.4, -0.2) is 42.9 Å². The fourth-order valence-corrected chi connectivity index (χ4v) is 4.33. The molecule has 8 nitrogen and oxygen atoms in total. The highest BCUT2D eigenvalue weighted by Crippen LogP contribution is 2.34. The minimum atomic E-state index is -1.26. The summed E-state index contributed by atoms with van der Waals surface area (Å²) < 4.78 is 10.8. The van der Waals surface area contributed by atoms with Crippen LogP contribution in [0.5, 0.6) is 5.75 Å². The van der Waals surface area contributed by atoms with Crippen molar-refractivity contribution >= 4 is 23.5 Å². The summed E-state index contributed by atoms with van der Waals surface area (Å²) in [5, 5.41) is 2.73. The Bertz CT molecular complexity index is 1040. The van der Waals surface area contributed by atoms with E-state index in [-0.39, 0.29) is 12.5 Å². The number of anilines is 1. The summed E-state index contributed by atoms with van der Waals surface area (Å²) in [6.07, 6.45) is 1.65. The molecule has 0 radical (unpaired) electrons. The Hall–Kier alpha value is -3.29. The monoisotopic (exact) mass is 411 g/mol. The molecule has 0 spiro atoms. The lowest BCUT2D eigenvalue weighted by Gasteiger charge is -2.31. The number of rotatable bonds is 4. The molecule has 1 saturated heterocycles. The van der Waals surface area contributed by atoms with Gasteiger partial charge in [-0.3, -0.25) is 14.5 Å². The molecule has 2 aliphatic rings. The van der Waals surface area contributed by atoms with Crippen molar-refractivity contribution in [2.75, 3.05) is 25.1 Å². The molecule has 2 aliphatic heterocycles. The second-order valence-electron chi connectivity index (χ2n) is 7.92. The van der Waals surface area contributed by atoms with Gasteiger partial charge >= 0.3 is 6.03 Å². The van der Waals surface area contributed by atoms with E-state index in [4.69, 9.17) is 9.15 Å². The number of ether oxygens (including phenoxy) is 1. The number of amides is 4.